The van der Waals surface area contributed by atoms with Gasteiger partial charge in [-0.2, -0.15) is 0 Å². The van der Waals surface area contributed by atoms with E-state index in [0.717, 1.165) is 25.0 Å². The Hall–Kier alpha value is -4.14. The van der Waals surface area contributed by atoms with Crippen LogP contribution in [0, 0.1) is 11.7 Å². The summed E-state index contributed by atoms with van der Waals surface area (Å²) in [5, 5.41) is 12.2. The number of carboxylic acid groups (broad SMARTS) is 1. The fraction of sp³-hybridized carbons (Fsp3) is 0.276. The molecule has 1 aliphatic rings. The summed E-state index contributed by atoms with van der Waals surface area (Å²) in [5.41, 5.74) is 0.270. The van der Waals surface area contributed by atoms with Crippen molar-refractivity contribution in [2.45, 2.75) is 25.2 Å². The highest BCUT2D eigenvalue weighted by atomic mass is 19.3. The molecule has 3 aromatic rings. The predicted octanol–water partition coefficient (Wildman–Crippen LogP) is 6.22. The number of halogens is 3. The minimum absolute atomic E-state index is 0.128. The van der Waals surface area contributed by atoms with Gasteiger partial charge in [-0.1, -0.05) is 18.2 Å². The normalized spacial score (nSPS) is 14.2. The van der Waals surface area contributed by atoms with Gasteiger partial charge in [0.15, 0.2) is 0 Å². The van der Waals surface area contributed by atoms with Crippen molar-refractivity contribution in [1.82, 2.24) is 9.88 Å². The number of pyridine rings is 1. The maximum atomic E-state index is 14.6. The van der Waals surface area contributed by atoms with Gasteiger partial charge in [-0.05, 0) is 61.2 Å². The van der Waals surface area contributed by atoms with Gasteiger partial charge in [0, 0.05) is 54.5 Å². The van der Waals surface area contributed by atoms with E-state index in [1.807, 2.05) is 0 Å². The first kappa shape index (κ1) is 26.9. The van der Waals surface area contributed by atoms with E-state index in [0.29, 0.717) is 36.9 Å². The van der Waals surface area contributed by atoms with Crippen molar-refractivity contribution in [2.75, 3.05) is 25.0 Å². The van der Waals surface area contributed by atoms with Gasteiger partial charge >= 0.3 is 5.97 Å². The Morgan fingerprint density at radius 2 is 1.76 bits per heavy atom. The Kier molecular flexibility index (Phi) is 8.14. The highest BCUT2D eigenvalue weighted by molar-refractivity contribution is 5.96. The molecular formula is C29H28F3N3O3. The molecule has 2 heterocycles. The van der Waals surface area contributed by atoms with Gasteiger partial charge in [0.2, 0.25) is 0 Å². The second-order valence-electron chi connectivity index (χ2n) is 9.29. The number of likely N-dealkylation sites (tertiary alicyclic amines) is 1. The summed E-state index contributed by atoms with van der Waals surface area (Å²) in [6.45, 7) is 5.14. The molecule has 0 saturated carbocycles. The summed E-state index contributed by atoms with van der Waals surface area (Å²) in [6, 6.07) is 12.7. The molecule has 0 bridgehead atoms. The zero-order chi connectivity index (χ0) is 27.3. The highest BCUT2D eigenvalue weighted by Gasteiger charge is 2.34. The SMILES string of the molecule is C=CCC(F)(F)c1cccc(F)c1-c1ccc(NCC2CCN(C(=O)c3ccc(C(=O)O)cc3)CC2)nc1. The Bertz CT molecular complexity index is 1300. The lowest BCUT2D eigenvalue weighted by atomic mass is 9.94. The number of carbonyl (C=O) groups excluding carboxylic acids is 1. The number of hydrogen-bond donors (Lipinski definition) is 2. The number of aromatic nitrogens is 1. The fourth-order valence-corrected chi connectivity index (χ4v) is 4.59. The van der Waals surface area contributed by atoms with Crippen molar-refractivity contribution in [3.05, 3.63) is 96.0 Å². The quantitative estimate of drug-likeness (QED) is 0.326. The Morgan fingerprint density at radius 3 is 2.37 bits per heavy atom. The third-order valence-corrected chi connectivity index (χ3v) is 6.71. The number of anilines is 1. The largest absolute Gasteiger partial charge is 0.478 e. The van der Waals surface area contributed by atoms with Crippen molar-refractivity contribution >= 4 is 17.7 Å². The fourth-order valence-electron chi connectivity index (χ4n) is 4.59. The number of aromatic carboxylic acids is 1. The van der Waals surface area contributed by atoms with Crippen LogP contribution in [0.15, 0.2) is 73.4 Å². The van der Waals surface area contributed by atoms with Gasteiger partial charge in [0.05, 0.1) is 5.56 Å². The molecule has 9 heteroatoms. The van der Waals surface area contributed by atoms with Gasteiger partial charge in [0.1, 0.15) is 11.6 Å². The van der Waals surface area contributed by atoms with E-state index in [-0.39, 0.29) is 22.6 Å². The Balaban J connectivity index is 1.33. The topological polar surface area (TPSA) is 82.5 Å². The average molecular weight is 524 g/mol. The average Bonchev–Trinajstić information content (AvgIpc) is 2.92. The molecule has 1 aromatic heterocycles. The molecule has 198 valence electrons. The number of nitrogens with zero attached hydrogens (tertiary/aromatic N) is 2. The maximum Gasteiger partial charge on any atom is 0.335 e. The van der Waals surface area contributed by atoms with Crippen molar-refractivity contribution in [2.24, 2.45) is 5.92 Å². The van der Waals surface area contributed by atoms with Crippen LogP contribution in [-0.2, 0) is 5.92 Å². The van der Waals surface area contributed by atoms with Crippen molar-refractivity contribution in [1.29, 1.82) is 0 Å². The minimum Gasteiger partial charge on any atom is -0.478 e. The van der Waals surface area contributed by atoms with Crippen molar-refractivity contribution < 1.29 is 27.9 Å². The van der Waals surface area contributed by atoms with Crippen molar-refractivity contribution in [3.63, 3.8) is 0 Å². The highest BCUT2D eigenvalue weighted by Crippen LogP contribution is 2.40. The standard InChI is InChI=1S/C29H28F3N3O3/c1-2-14-29(31,32)23-4-3-5-24(30)26(23)22-10-11-25(34-18-22)33-17-19-12-15-35(16-13-19)27(36)20-6-8-21(9-7-20)28(37)38/h2-11,18-19H,1,12-17H2,(H,33,34)(H,37,38). The van der Waals surface area contributed by atoms with Crippen LogP contribution in [0.25, 0.3) is 11.1 Å². The molecule has 0 atom stereocenters. The molecule has 2 aromatic carbocycles. The van der Waals surface area contributed by atoms with E-state index in [1.54, 1.807) is 17.0 Å². The molecule has 2 N–H and O–H groups in total. The number of carboxylic acids is 1. The molecule has 1 saturated heterocycles. The van der Waals surface area contributed by atoms with Gasteiger partial charge in [-0.3, -0.25) is 4.79 Å². The van der Waals surface area contributed by atoms with Gasteiger partial charge in [-0.25, -0.2) is 22.9 Å². The van der Waals surface area contributed by atoms with E-state index in [4.69, 9.17) is 5.11 Å². The third kappa shape index (κ3) is 6.04. The summed E-state index contributed by atoms with van der Waals surface area (Å²) in [5.74, 6) is -4.32. The third-order valence-electron chi connectivity index (χ3n) is 6.71. The first-order valence-corrected chi connectivity index (χ1v) is 12.3. The van der Waals surface area contributed by atoms with Gasteiger partial charge < -0.3 is 15.3 Å². The van der Waals surface area contributed by atoms with E-state index in [2.05, 4.69) is 16.9 Å². The summed E-state index contributed by atoms with van der Waals surface area (Å²) in [7, 11) is 0. The minimum atomic E-state index is -3.26. The number of alkyl halides is 2. The maximum absolute atomic E-state index is 14.6. The first-order chi connectivity index (χ1) is 18.2. The van der Waals surface area contributed by atoms with E-state index >= 15 is 0 Å². The molecule has 0 unspecified atom stereocenters. The van der Waals surface area contributed by atoms with Gasteiger partial charge in [-0.15, -0.1) is 6.58 Å². The summed E-state index contributed by atoms with van der Waals surface area (Å²) >= 11 is 0. The molecule has 6 nitrogen and oxygen atoms in total. The molecule has 38 heavy (non-hydrogen) atoms. The van der Waals surface area contributed by atoms with Crippen LogP contribution >= 0.6 is 0 Å². The second kappa shape index (κ2) is 11.5. The Morgan fingerprint density at radius 1 is 1.08 bits per heavy atom. The zero-order valence-corrected chi connectivity index (χ0v) is 20.7. The van der Waals surface area contributed by atoms with Crippen LogP contribution in [0.4, 0.5) is 19.0 Å². The molecule has 1 aliphatic heterocycles. The van der Waals surface area contributed by atoms with Crippen LogP contribution in [0.1, 0.15) is 45.5 Å². The number of allylic oxidation sites excluding steroid dienone is 1. The lowest BCUT2D eigenvalue weighted by Crippen LogP contribution is -2.39. The van der Waals surface area contributed by atoms with Crippen LogP contribution in [0.5, 0.6) is 0 Å². The number of amides is 1. The van der Waals surface area contributed by atoms with Gasteiger partial charge in [0.25, 0.3) is 11.8 Å². The number of hydrogen-bond acceptors (Lipinski definition) is 4. The lowest BCUT2D eigenvalue weighted by Gasteiger charge is -2.32. The van der Waals surface area contributed by atoms with Crippen LogP contribution < -0.4 is 5.32 Å². The molecule has 0 spiro atoms. The first-order valence-electron chi connectivity index (χ1n) is 12.3. The molecule has 1 amide bonds. The molecule has 0 radical (unpaired) electrons. The van der Waals surface area contributed by atoms with Crippen LogP contribution in [0.2, 0.25) is 0 Å². The smallest absolute Gasteiger partial charge is 0.335 e. The predicted molar refractivity (Wildman–Crippen MR) is 139 cm³/mol. The Labute approximate surface area is 218 Å². The van der Waals surface area contributed by atoms with Crippen LogP contribution in [0.3, 0.4) is 0 Å². The summed E-state index contributed by atoms with van der Waals surface area (Å²) < 4.78 is 43.8. The summed E-state index contributed by atoms with van der Waals surface area (Å²) in [4.78, 5) is 29.8. The summed E-state index contributed by atoms with van der Waals surface area (Å²) in [6.07, 6.45) is 3.45. The van der Waals surface area contributed by atoms with Crippen molar-refractivity contribution in [3.8, 4) is 11.1 Å². The number of rotatable bonds is 9. The monoisotopic (exact) mass is 523 g/mol. The van der Waals surface area contributed by atoms with Crippen LogP contribution in [-0.4, -0.2) is 46.5 Å². The lowest BCUT2D eigenvalue weighted by molar-refractivity contribution is -0.000514. The molecular weight excluding hydrogens is 495 g/mol. The second-order valence-corrected chi connectivity index (χ2v) is 9.29. The number of benzene rings is 2. The van der Waals surface area contributed by atoms with E-state index in [9.17, 15) is 22.8 Å². The number of nitrogens with one attached hydrogen (secondary N) is 1. The molecule has 0 aliphatic carbocycles. The zero-order valence-electron chi connectivity index (χ0n) is 20.7. The number of carbonyl (C=O) groups is 2. The molecule has 4 rings (SSSR count). The molecule has 1 fully saturated rings. The van der Waals surface area contributed by atoms with E-state index < -0.39 is 29.7 Å². The van der Waals surface area contributed by atoms with E-state index in [1.165, 1.54) is 42.6 Å². The number of piperidine rings is 1.